The molecule has 0 aliphatic carbocycles. The molecule has 7 heteroatoms. The molecule has 1 saturated heterocycles. The number of anilines is 1. The Morgan fingerprint density at radius 3 is 2.85 bits per heavy atom. The van der Waals surface area contributed by atoms with Gasteiger partial charge in [0.25, 0.3) is 11.8 Å². The molecule has 1 aromatic carbocycles. The van der Waals surface area contributed by atoms with Crippen molar-refractivity contribution >= 4 is 11.7 Å². The first-order valence-corrected chi connectivity index (χ1v) is 9.25. The molecule has 1 aliphatic heterocycles. The maximum atomic E-state index is 12.8. The third-order valence-electron chi connectivity index (χ3n) is 4.62. The molecule has 3 rings (SSSR count). The highest BCUT2D eigenvalue weighted by molar-refractivity contribution is 5.97. The smallest absolute Gasteiger partial charge is 0.257 e. The lowest BCUT2D eigenvalue weighted by molar-refractivity contribution is 0.0768. The van der Waals surface area contributed by atoms with Gasteiger partial charge in [-0.25, -0.2) is 9.97 Å². The lowest BCUT2D eigenvalue weighted by atomic mass is 10.2. The van der Waals surface area contributed by atoms with Crippen molar-refractivity contribution in [1.29, 1.82) is 0 Å². The molecule has 1 fully saturated rings. The van der Waals surface area contributed by atoms with Crippen LogP contribution in [0.25, 0.3) is 0 Å². The van der Waals surface area contributed by atoms with Gasteiger partial charge in [-0.1, -0.05) is 19.1 Å². The number of carbonyl (C=O) groups is 1. The first-order chi connectivity index (χ1) is 13.1. The quantitative estimate of drug-likeness (QED) is 0.746. The van der Waals surface area contributed by atoms with Gasteiger partial charge in [-0.2, -0.15) is 0 Å². The zero-order chi connectivity index (χ0) is 19.2. The Kier molecular flexibility index (Phi) is 6.11. The van der Waals surface area contributed by atoms with Gasteiger partial charge in [-0.05, 0) is 18.6 Å². The molecular formula is C20H26N4O3. The molecule has 1 amide bonds. The second-order valence-corrected chi connectivity index (χ2v) is 6.59. The summed E-state index contributed by atoms with van der Waals surface area (Å²) in [7, 11) is 3.55. The maximum Gasteiger partial charge on any atom is 0.257 e. The molecule has 1 aromatic heterocycles. The van der Waals surface area contributed by atoms with Crippen molar-refractivity contribution in [2.75, 3.05) is 38.7 Å². The van der Waals surface area contributed by atoms with E-state index in [1.54, 1.807) is 36.5 Å². The number of carbonyl (C=O) groups excluding carboxylic acids is 1. The van der Waals surface area contributed by atoms with Crippen molar-refractivity contribution in [1.82, 2.24) is 14.9 Å². The molecule has 1 atom stereocenters. The Bertz CT molecular complexity index is 783. The predicted octanol–water partition coefficient (Wildman–Crippen LogP) is 2.62. The fourth-order valence-electron chi connectivity index (χ4n) is 3.26. The van der Waals surface area contributed by atoms with Gasteiger partial charge in [0.05, 0.1) is 19.2 Å². The van der Waals surface area contributed by atoms with Gasteiger partial charge in [0, 0.05) is 39.0 Å². The third-order valence-corrected chi connectivity index (χ3v) is 4.62. The molecule has 0 N–H and O–H groups in total. The van der Waals surface area contributed by atoms with Crippen LogP contribution in [0.3, 0.4) is 0 Å². The largest absolute Gasteiger partial charge is 0.496 e. The summed E-state index contributed by atoms with van der Waals surface area (Å²) in [5.74, 6) is 1.80. The Labute approximate surface area is 159 Å². The van der Waals surface area contributed by atoms with Crippen LogP contribution in [0.4, 0.5) is 5.82 Å². The Morgan fingerprint density at radius 2 is 2.07 bits per heavy atom. The molecule has 0 radical (unpaired) electrons. The van der Waals surface area contributed by atoms with E-state index in [1.165, 1.54) is 0 Å². The summed E-state index contributed by atoms with van der Waals surface area (Å²) >= 11 is 0. The molecule has 7 nitrogen and oxygen atoms in total. The van der Waals surface area contributed by atoms with Crippen molar-refractivity contribution in [2.45, 2.75) is 25.9 Å². The van der Waals surface area contributed by atoms with Crippen LogP contribution in [0, 0.1) is 0 Å². The second kappa shape index (κ2) is 8.70. The minimum atomic E-state index is -0.103. The average molecular weight is 370 g/mol. The first kappa shape index (κ1) is 18.9. The van der Waals surface area contributed by atoms with E-state index in [0.717, 1.165) is 25.2 Å². The Morgan fingerprint density at radius 1 is 1.30 bits per heavy atom. The van der Waals surface area contributed by atoms with Crippen LogP contribution < -0.4 is 14.4 Å². The van der Waals surface area contributed by atoms with E-state index >= 15 is 0 Å². The van der Waals surface area contributed by atoms with Crippen LogP contribution in [0.15, 0.2) is 36.7 Å². The molecule has 0 spiro atoms. The van der Waals surface area contributed by atoms with Gasteiger partial charge >= 0.3 is 0 Å². The van der Waals surface area contributed by atoms with Crippen LogP contribution >= 0.6 is 0 Å². The van der Waals surface area contributed by atoms with Crippen molar-refractivity contribution in [3.63, 3.8) is 0 Å². The van der Waals surface area contributed by atoms with Crippen LogP contribution in [-0.2, 0) is 0 Å². The third kappa shape index (κ3) is 4.30. The molecule has 1 unspecified atom stereocenters. The van der Waals surface area contributed by atoms with Gasteiger partial charge in [0.15, 0.2) is 5.82 Å². The fraction of sp³-hybridized carbons (Fsp3) is 0.450. The molecule has 2 heterocycles. The van der Waals surface area contributed by atoms with E-state index in [1.807, 2.05) is 24.1 Å². The highest BCUT2D eigenvalue weighted by atomic mass is 16.5. The first-order valence-electron chi connectivity index (χ1n) is 9.25. The number of methoxy groups -OCH3 is 1. The van der Waals surface area contributed by atoms with Gasteiger partial charge in [0.1, 0.15) is 11.9 Å². The van der Waals surface area contributed by atoms with E-state index in [-0.39, 0.29) is 12.0 Å². The highest BCUT2D eigenvalue weighted by Gasteiger charge is 2.30. The van der Waals surface area contributed by atoms with Gasteiger partial charge in [-0.15, -0.1) is 0 Å². The molecular weight excluding hydrogens is 344 g/mol. The van der Waals surface area contributed by atoms with Crippen molar-refractivity contribution in [3.05, 3.63) is 42.2 Å². The summed E-state index contributed by atoms with van der Waals surface area (Å²) < 4.78 is 11.4. The van der Waals surface area contributed by atoms with E-state index < -0.39 is 0 Å². The SMILES string of the molecule is CCCN(C)c1nccnc1OC1CCN(C(=O)c2ccccc2OC)C1. The summed E-state index contributed by atoms with van der Waals surface area (Å²) in [6.45, 7) is 4.15. The van der Waals surface area contributed by atoms with Crippen molar-refractivity contribution < 1.29 is 14.3 Å². The molecule has 144 valence electrons. The number of nitrogens with zero attached hydrogens (tertiary/aromatic N) is 4. The van der Waals surface area contributed by atoms with Crippen molar-refractivity contribution in [3.8, 4) is 11.6 Å². The number of aromatic nitrogens is 2. The Hall–Kier alpha value is -2.83. The fourth-order valence-corrected chi connectivity index (χ4v) is 3.26. The zero-order valence-corrected chi connectivity index (χ0v) is 16.1. The number of para-hydroxylation sites is 1. The molecule has 1 aliphatic rings. The lowest BCUT2D eigenvalue weighted by Gasteiger charge is -2.22. The van der Waals surface area contributed by atoms with Crippen LogP contribution in [-0.4, -0.2) is 60.7 Å². The van der Waals surface area contributed by atoms with Crippen LogP contribution in [0.1, 0.15) is 30.1 Å². The summed E-state index contributed by atoms with van der Waals surface area (Å²) in [6, 6.07) is 7.28. The molecule has 0 saturated carbocycles. The molecule has 27 heavy (non-hydrogen) atoms. The summed E-state index contributed by atoms with van der Waals surface area (Å²) in [4.78, 5) is 25.4. The normalized spacial score (nSPS) is 16.3. The number of benzene rings is 1. The summed E-state index contributed by atoms with van der Waals surface area (Å²) in [6.07, 6.45) is 4.96. The second-order valence-electron chi connectivity index (χ2n) is 6.59. The number of hydrogen-bond donors (Lipinski definition) is 0. The van der Waals surface area contributed by atoms with Gasteiger partial charge < -0.3 is 19.3 Å². The minimum Gasteiger partial charge on any atom is -0.496 e. The average Bonchev–Trinajstić information content (AvgIpc) is 3.16. The Balaban J connectivity index is 1.68. The molecule has 2 aromatic rings. The summed E-state index contributed by atoms with van der Waals surface area (Å²) in [5.41, 5.74) is 0.573. The number of rotatable bonds is 7. The monoisotopic (exact) mass is 370 g/mol. The molecule has 0 bridgehead atoms. The highest BCUT2D eigenvalue weighted by Crippen LogP contribution is 2.27. The number of likely N-dealkylation sites (tertiary alicyclic amines) is 1. The topological polar surface area (TPSA) is 67.8 Å². The van der Waals surface area contributed by atoms with Crippen molar-refractivity contribution in [2.24, 2.45) is 0 Å². The lowest BCUT2D eigenvalue weighted by Crippen LogP contribution is -2.31. The van der Waals surface area contributed by atoms with E-state index in [4.69, 9.17) is 9.47 Å². The summed E-state index contributed by atoms with van der Waals surface area (Å²) in [5, 5.41) is 0. The standard InChI is InChI=1S/C20H26N4O3/c1-4-12-23(2)18-19(22-11-10-21-18)27-15-9-13-24(14-15)20(25)16-7-5-6-8-17(16)26-3/h5-8,10-11,15H,4,9,12-14H2,1-3H3. The van der Waals surface area contributed by atoms with Crippen LogP contribution in [0.2, 0.25) is 0 Å². The number of amides is 1. The van der Waals surface area contributed by atoms with Gasteiger partial charge in [-0.3, -0.25) is 4.79 Å². The zero-order valence-electron chi connectivity index (χ0n) is 16.1. The maximum absolute atomic E-state index is 12.8. The van der Waals surface area contributed by atoms with E-state index in [2.05, 4.69) is 16.9 Å². The van der Waals surface area contributed by atoms with E-state index in [0.29, 0.717) is 30.3 Å². The number of ether oxygens (including phenoxy) is 2. The predicted molar refractivity (Wildman–Crippen MR) is 104 cm³/mol. The van der Waals surface area contributed by atoms with E-state index in [9.17, 15) is 4.79 Å². The number of hydrogen-bond acceptors (Lipinski definition) is 6. The van der Waals surface area contributed by atoms with Crippen LogP contribution in [0.5, 0.6) is 11.6 Å². The van der Waals surface area contributed by atoms with Gasteiger partial charge in [0.2, 0.25) is 0 Å². The minimum absolute atomic E-state index is 0.0407.